The third-order valence-corrected chi connectivity index (χ3v) is 1.69. The van der Waals surface area contributed by atoms with Crippen molar-refractivity contribution in [2.45, 2.75) is 6.92 Å². The van der Waals surface area contributed by atoms with E-state index in [1.54, 1.807) is 6.92 Å². The topological polar surface area (TPSA) is 106 Å². The van der Waals surface area contributed by atoms with E-state index in [1.807, 2.05) is 0 Å². The number of urea groups is 1. The summed E-state index contributed by atoms with van der Waals surface area (Å²) >= 11 is 0. The Morgan fingerprint density at radius 1 is 1.56 bits per heavy atom. The highest BCUT2D eigenvalue weighted by Gasteiger charge is 2.13. The summed E-state index contributed by atoms with van der Waals surface area (Å²) in [6, 6.07) is 0.179. The summed E-state index contributed by atoms with van der Waals surface area (Å²) in [5.41, 5.74) is 4.97. The number of nitrogens with two attached hydrogens (primary N) is 1. The van der Waals surface area contributed by atoms with Crippen molar-refractivity contribution in [3.8, 4) is 0 Å². The highest BCUT2D eigenvalue weighted by atomic mass is 16.5. The summed E-state index contributed by atoms with van der Waals surface area (Å²) in [5, 5.41) is 9.39. The lowest BCUT2D eigenvalue weighted by atomic mass is 10.2. The van der Waals surface area contributed by atoms with Gasteiger partial charge in [0.1, 0.15) is 0 Å². The summed E-state index contributed by atoms with van der Waals surface area (Å²) in [6.45, 7) is 1.89. The van der Waals surface area contributed by atoms with Crippen LogP contribution in [0.5, 0.6) is 0 Å². The molecule has 0 radical (unpaired) electrons. The van der Waals surface area contributed by atoms with Crippen LogP contribution in [-0.4, -0.2) is 28.8 Å². The average molecular weight is 225 g/mol. The van der Waals surface area contributed by atoms with Crippen molar-refractivity contribution >= 4 is 17.7 Å². The molecular formula is C9H11N3O4. The first-order chi connectivity index (χ1) is 7.56. The summed E-state index contributed by atoms with van der Waals surface area (Å²) in [5.74, 6) is -0.588. The molecule has 1 heterocycles. The molecule has 0 unspecified atom stereocenters. The van der Waals surface area contributed by atoms with Gasteiger partial charge in [-0.2, -0.15) is 5.06 Å². The first-order valence-corrected chi connectivity index (χ1v) is 4.47. The predicted octanol–water partition coefficient (Wildman–Crippen LogP) is 0.533. The number of primary amides is 1. The molecule has 0 saturated heterocycles. The van der Waals surface area contributed by atoms with Crippen molar-refractivity contribution in [3.05, 3.63) is 24.0 Å². The fourth-order valence-electron chi connectivity index (χ4n) is 0.997. The zero-order valence-corrected chi connectivity index (χ0v) is 8.58. The molecule has 0 atom stereocenters. The summed E-state index contributed by atoms with van der Waals surface area (Å²) in [7, 11) is 0. The number of amides is 2. The van der Waals surface area contributed by atoms with E-state index in [1.165, 1.54) is 18.5 Å². The Bertz CT molecular complexity index is 407. The number of nitrogens with zero attached hydrogens (tertiary/aromatic N) is 2. The fourth-order valence-corrected chi connectivity index (χ4v) is 0.997. The normalized spacial score (nSPS) is 9.62. The lowest BCUT2D eigenvalue weighted by Crippen LogP contribution is -2.32. The van der Waals surface area contributed by atoms with Crippen LogP contribution in [0.4, 0.5) is 10.5 Å². The molecule has 0 aliphatic heterocycles. The number of hydrogen-bond acceptors (Lipinski definition) is 5. The number of hydroxylamine groups is 1. The van der Waals surface area contributed by atoms with Crippen molar-refractivity contribution in [3.63, 3.8) is 0 Å². The van der Waals surface area contributed by atoms with Crippen molar-refractivity contribution in [2.75, 3.05) is 11.7 Å². The third kappa shape index (κ3) is 2.67. The van der Waals surface area contributed by atoms with Crippen molar-refractivity contribution in [2.24, 2.45) is 5.73 Å². The molecule has 2 amide bonds. The number of esters is 1. The van der Waals surface area contributed by atoms with Crippen LogP contribution in [0.15, 0.2) is 18.5 Å². The van der Waals surface area contributed by atoms with Crippen molar-refractivity contribution < 1.29 is 19.5 Å². The van der Waals surface area contributed by atoms with Gasteiger partial charge in [0.15, 0.2) is 0 Å². The zero-order chi connectivity index (χ0) is 12.1. The van der Waals surface area contributed by atoms with Gasteiger partial charge in [-0.05, 0) is 13.0 Å². The van der Waals surface area contributed by atoms with E-state index in [0.29, 0.717) is 0 Å². The molecule has 0 aliphatic rings. The first kappa shape index (κ1) is 11.9. The monoisotopic (exact) mass is 225 g/mol. The number of anilines is 1. The molecule has 0 fully saturated rings. The van der Waals surface area contributed by atoms with Gasteiger partial charge in [0.25, 0.3) is 0 Å². The van der Waals surface area contributed by atoms with E-state index in [0.717, 1.165) is 0 Å². The highest BCUT2D eigenvalue weighted by molar-refractivity contribution is 5.92. The van der Waals surface area contributed by atoms with E-state index >= 15 is 0 Å². The molecule has 0 saturated carbocycles. The molecule has 0 aromatic carbocycles. The van der Waals surface area contributed by atoms with Crippen LogP contribution < -0.4 is 10.8 Å². The van der Waals surface area contributed by atoms with Crippen molar-refractivity contribution in [1.82, 2.24) is 4.98 Å². The van der Waals surface area contributed by atoms with E-state index in [9.17, 15) is 14.8 Å². The molecule has 0 aliphatic carbocycles. The van der Waals surface area contributed by atoms with E-state index in [-0.39, 0.29) is 22.9 Å². The maximum atomic E-state index is 11.3. The molecule has 1 rings (SSSR count). The number of ether oxygens (including phenoxy) is 1. The number of pyridine rings is 1. The zero-order valence-electron chi connectivity index (χ0n) is 8.58. The fraction of sp³-hybridized carbons (Fsp3) is 0.222. The van der Waals surface area contributed by atoms with Gasteiger partial charge >= 0.3 is 12.0 Å². The van der Waals surface area contributed by atoms with Crippen LogP contribution in [0.1, 0.15) is 17.3 Å². The third-order valence-electron chi connectivity index (χ3n) is 1.69. The summed E-state index contributed by atoms with van der Waals surface area (Å²) in [4.78, 5) is 25.7. The maximum Gasteiger partial charge on any atom is 0.343 e. The Balaban J connectivity index is 2.95. The molecule has 0 bridgehead atoms. The van der Waals surface area contributed by atoms with Gasteiger partial charge < -0.3 is 10.5 Å². The predicted molar refractivity (Wildman–Crippen MR) is 54.0 cm³/mol. The second-order valence-corrected chi connectivity index (χ2v) is 2.80. The number of carbonyl (C=O) groups is 2. The van der Waals surface area contributed by atoms with Crippen LogP contribution in [0.3, 0.4) is 0 Å². The minimum atomic E-state index is -1.07. The Hall–Kier alpha value is -2.15. The van der Waals surface area contributed by atoms with Gasteiger partial charge in [-0.15, -0.1) is 0 Å². The summed E-state index contributed by atoms with van der Waals surface area (Å²) in [6.07, 6.45) is 2.45. The Morgan fingerprint density at radius 3 is 2.81 bits per heavy atom. The molecule has 7 nitrogen and oxygen atoms in total. The Labute approximate surface area is 91.4 Å². The van der Waals surface area contributed by atoms with Crippen LogP contribution in [0, 0.1) is 0 Å². The highest BCUT2D eigenvalue weighted by Crippen LogP contribution is 2.13. The molecule has 1 aromatic rings. The van der Waals surface area contributed by atoms with Crippen LogP contribution >= 0.6 is 0 Å². The number of aromatic nitrogens is 1. The van der Waals surface area contributed by atoms with Gasteiger partial charge in [-0.1, -0.05) is 0 Å². The van der Waals surface area contributed by atoms with Gasteiger partial charge in [-0.3, -0.25) is 10.2 Å². The first-order valence-electron chi connectivity index (χ1n) is 4.47. The van der Waals surface area contributed by atoms with Gasteiger partial charge in [0.05, 0.1) is 24.1 Å². The Kier molecular flexibility index (Phi) is 3.78. The molecule has 0 spiro atoms. The number of carbonyl (C=O) groups excluding carboxylic acids is 2. The van der Waals surface area contributed by atoms with Crippen LogP contribution in [0.25, 0.3) is 0 Å². The quantitative estimate of drug-likeness (QED) is 0.443. The van der Waals surface area contributed by atoms with E-state index < -0.39 is 12.0 Å². The molecule has 16 heavy (non-hydrogen) atoms. The second-order valence-electron chi connectivity index (χ2n) is 2.80. The second kappa shape index (κ2) is 5.08. The van der Waals surface area contributed by atoms with Gasteiger partial charge in [-0.25, -0.2) is 9.59 Å². The summed E-state index contributed by atoms with van der Waals surface area (Å²) < 4.78 is 4.73. The average Bonchev–Trinajstić information content (AvgIpc) is 2.28. The molecule has 1 aromatic heterocycles. The SMILES string of the molecule is CCOC(=O)c1cncc(N(O)C(N)=O)c1. The van der Waals surface area contributed by atoms with Gasteiger partial charge in [0, 0.05) is 6.20 Å². The van der Waals surface area contributed by atoms with Crippen LogP contribution in [0.2, 0.25) is 0 Å². The van der Waals surface area contributed by atoms with E-state index in [4.69, 9.17) is 10.5 Å². The molecule has 3 N–H and O–H groups in total. The lowest BCUT2D eigenvalue weighted by Gasteiger charge is -2.11. The largest absolute Gasteiger partial charge is 0.462 e. The van der Waals surface area contributed by atoms with E-state index in [2.05, 4.69) is 4.98 Å². The molecule has 86 valence electrons. The smallest absolute Gasteiger partial charge is 0.343 e. The minimum Gasteiger partial charge on any atom is -0.462 e. The molecule has 7 heteroatoms. The number of rotatable bonds is 3. The maximum absolute atomic E-state index is 11.3. The standard InChI is InChI=1S/C9H11N3O4/c1-2-16-8(13)6-3-7(5-11-4-6)12(15)9(10)14/h3-5,15H,2H2,1H3,(H2,10,14). The number of hydrogen-bond donors (Lipinski definition) is 2. The lowest BCUT2D eigenvalue weighted by molar-refractivity contribution is 0.0526. The van der Waals surface area contributed by atoms with Crippen molar-refractivity contribution in [1.29, 1.82) is 0 Å². The van der Waals surface area contributed by atoms with Crippen LogP contribution in [-0.2, 0) is 4.74 Å². The molecular weight excluding hydrogens is 214 g/mol. The minimum absolute atomic E-state index is 0.00180. The van der Waals surface area contributed by atoms with Gasteiger partial charge in [0.2, 0.25) is 0 Å². The Morgan fingerprint density at radius 2 is 2.25 bits per heavy atom.